The van der Waals surface area contributed by atoms with E-state index >= 15 is 0 Å². The van der Waals surface area contributed by atoms with Crippen LogP contribution in [-0.4, -0.2) is 43.0 Å². The molecule has 4 rings (SSSR count). The second kappa shape index (κ2) is 8.13. The molecule has 0 radical (unpaired) electrons. The molecule has 3 heterocycles. The summed E-state index contributed by atoms with van der Waals surface area (Å²) in [6.45, 7) is 7.93. The first-order chi connectivity index (χ1) is 13.9. The average molecular weight is 396 g/mol. The van der Waals surface area contributed by atoms with Crippen LogP contribution in [0, 0.1) is 5.41 Å². The summed E-state index contributed by atoms with van der Waals surface area (Å²) in [5, 5.41) is 2.94. The van der Waals surface area contributed by atoms with Crippen molar-refractivity contribution in [2.75, 3.05) is 31.2 Å². The maximum absolute atomic E-state index is 12.5. The third kappa shape index (κ3) is 4.77. The molecule has 2 aliphatic heterocycles. The van der Waals surface area contributed by atoms with Gasteiger partial charge >= 0.3 is 0 Å². The summed E-state index contributed by atoms with van der Waals surface area (Å²) >= 11 is 0. The van der Waals surface area contributed by atoms with Gasteiger partial charge in [0.25, 0.3) is 5.91 Å². The zero-order valence-corrected chi connectivity index (χ0v) is 17.2. The van der Waals surface area contributed by atoms with Gasteiger partial charge in [0.05, 0.1) is 13.2 Å². The third-order valence-electron chi connectivity index (χ3n) is 5.61. The average Bonchev–Trinajstić information content (AvgIpc) is 2.76. The molecular weight excluding hydrogens is 366 g/mol. The summed E-state index contributed by atoms with van der Waals surface area (Å²) in [5.74, 6) is -0.611. The largest absolute Gasteiger partial charge is 0.371 e. The number of nitrogens with zero attached hydrogens (tertiary/aromatic N) is 2. The monoisotopic (exact) mass is 395 g/mol. The number of benzene rings is 1. The molecule has 6 nitrogen and oxygen atoms in total. The molecule has 2 fully saturated rings. The lowest BCUT2D eigenvalue weighted by Crippen LogP contribution is -2.53. The van der Waals surface area contributed by atoms with Gasteiger partial charge in [-0.15, -0.1) is 0 Å². The molecule has 0 unspecified atom stereocenters. The number of carbonyl (C=O) groups is 1. The predicted octanol–water partition coefficient (Wildman–Crippen LogP) is 3.38. The lowest BCUT2D eigenvalue weighted by atomic mass is 9.92. The highest BCUT2D eigenvalue weighted by Gasteiger charge is 2.42. The molecule has 29 heavy (non-hydrogen) atoms. The fourth-order valence-corrected chi connectivity index (χ4v) is 3.74. The lowest BCUT2D eigenvalue weighted by Gasteiger charge is -2.47. The summed E-state index contributed by atoms with van der Waals surface area (Å²) in [4.78, 5) is 19.1. The zero-order valence-electron chi connectivity index (χ0n) is 17.2. The van der Waals surface area contributed by atoms with Crippen LogP contribution in [0.1, 0.15) is 42.7 Å². The molecule has 0 atom stereocenters. The zero-order chi connectivity index (χ0) is 20.3. The van der Waals surface area contributed by atoms with E-state index in [0.29, 0.717) is 12.2 Å². The number of rotatable bonds is 4. The van der Waals surface area contributed by atoms with Gasteiger partial charge in [-0.05, 0) is 17.7 Å². The standard InChI is InChI=1S/C23H29N3O3/c1-22(2)16-28-23(29-17-22)9-12-26(13-10-23)19-8-11-24-20(14-19)21(27)25-15-18-6-4-3-5-7-18/h3-8,11,14H,9-10,12-13,15-17H2,1-2H3,(H,25,27). The molecule has 1 aromatic carbocycles. The minimum absolute atomic E-state index is 0.0789. The van der Waals surface area contributed by atoms with Gasteiger partial charge in [-0.2, -0.15) is 0 Å². The van der Waals surface area contributed by atoms with E-state index in [4.69, 9.17) is 9.47 Å². The Morgan fingerprint density at radius 1 is 1.10 bits per heavy atom. The number of aromatic nitrogens is 1. The summed E-state index contributed by atoms with van der Waals surface area (Å²) in [7, 11) is 0. The summed E-state index contributed by atoms with van der Waals surface area (Å²) < 4.78 is 12.2. The van der Waals surface area contributed by atoms with E-state index in [1.54, 1.807) is 6.20 Å². The Labute approximate surface area is 172 Å². The number of piperidine rings is 1. The van der Waals surface area contributed by atoms with Crippen LogP contribution in [0.3, 0.4) is 0 Å². The van der Waals surface area contributed by atoms with Gasteiger partial charge in [-0.25, -0.2) is 0 Å². The second-order valence-corrected chi connectivity index (χ2v) is 8.71. The van der Waals surface area contributed by atoms with Crippen molar-refractivity contribution in [2.45, 2.75) is 39.0 Å². The number of anilines is 1. The first-order valence-corrected chi connectivity index (χ1v) is 10.3. The number of carbonyl (C=O) groups excluding carboxylic acids is 1. The van der Waals surface area contributed by atoms with Crippen LogP contribution in [0.15, 0.2) is 48.7 Å². The van der Waals surface area contributed by atoms with E-state index in [9.17, 15) is 4.79 Å². The van der Waals surface area contributed by atoms with Gasteiger partial charge in [-0.3, -0.25) is 9.78 Å². The van der Waals surface area contributed by atoms with Crippen LogP contribution in [0.25, 0.3) is 0 Å². The van der Waals surface area contributed by atoms with E-state index in [0.717, 1.165) is 50.4 Å². The van der Waals surface area contributed by atoms with Gasteiger partial charge in [-0.1, -0.05) is 44.2 Å². The molecule has 0 saturated carbocycles. The first-order valence-electron chi connectivity index (χ1n) is 10.3. The number of amides is 1. The number of hydrogen-bond donors (Lipinski definition) is 1. The van der Waals surface area contributed by atoms with E-state index in [2.05, 4.69) is 29.0 Å². The highest BCUT2D eigenvalue weighted by atomic mass is 16.7. The Bertz CT molecular complexity index is 833. The quantitative estimate of drug-likeness (QED) is 0.860. The van der Waals surface area contributed by atoms with Gasteiger partial charge in [0.15, 0.2) is 5.79 Å². The summed E-state index contributed by atoms with van der Waals surface area (Å²) in [6, 6.07) is 13.7. The highest BCUT2D eigenvalue weighted by Crippen LogP contribution is 2.37. The van der Waals surface area contributed by atoms with Crippen LogP contribution < -0.4 is 10.2 Å². The minimum atomic E-state index is -0.449. The number of nitrogens with one attached hydrogen (secondary N) is 1. The molecule has 1 aromatic heterocycles. The highest BCUT2D eigenvalue weighted by molar-refractivity contribution is 5.93. The van der Waals surface area contributed by atoms with Gasteiger partial charge in [0.1, 0.15) is 5.69 Å². The van der Waals surface area contributed by atoms with Gasteiger partial charge < -0.3 is 19.7 Å². The predicted molar refractivity (Wildman–Crippen MR) is 112 cm³/mol. The SMILES string of the molecule is CC1(C)COC2(CCN(c3ccnc(C(=O)NCc4ccccc4)c3)CC2)OC1. The molecule has 2 saturated heterocycles. The van der Waals surface area contributed by atoms with Gasteiger partial charge in [0.2, 0.25) is 0 Å². The first kappa shape index (κ1) is 19.9. The van der Waals surface area contributed by atoms with Crippen molar-refractivity contribution in [3.05, 3.63) is 59.9 Å². The number of hydrogen-bond acceptors (Lipinski definition) is 5. The van der Waals surface area contributed by atoms with Crippen molar-refractivity contribution < 1.29 is 14.3 Å². The van der Waals surface area contributed by atoms with Crippen molar-refractivity contribution in [2.24, 2.45) is 5.41 Å². The fourth-order valence-electron chi connectivity index (χ4n) is 3.74. The van der Waals surface area contributed by atoms with Crippen LogP contribution in [0.5, 0.6) is 0 Å². The summed E-state index contributed by atoms with van der Waals surface area (Å²) in [5.41, 5.74) is 2.59. The van der Waals surface area contributed by atoms with Gasteiger partial charge in [0, 0.05) is 49.8 Å². The molecular formula is C23H29N3O3. The van der Waals surface area contributed by atoms with Crippen LogP contribution in [0.4, 0.5) is 5.69 Å². The molecule has 1 N–H and O–H groups in total. The minimum Gasteiger partial charge on any atom is -0.371 e. The van der Waals surface area contributed by atoms with Crippen molar-refractivity contribution in [1.82, 2.24) is 10.3 Å². The Morgan fingerprint density at radius 3 is 2.48 bits per heavy atom. The van der Waals surface area contributed by atoms with E-state index in [1.807, 2.05) is 42.5 Å². The van der Waals surface area contributed by atoms with E-state index < -0.39 is 5.79 Å². The third-order valence-corrected chi connectivity index (χ3v) is 5.61. The van der Waals surface area contributed by atoms with Crippen LogP contribution in [0.2, 0.25) is 0 Å². The molecule has 1 amide bonds. The Hall–Kier alpha value is -2.44. The molecule has 0 aliphatic carbocycles. The lowest BCUT2D eigenvalue weighted by molar-refractivity contribution is -0.305. The Balaban J connectivity index is 1.35. The van der Waals surface area contributed by atoms with Crippen molar-refractivity contribution in [1.29, 1.82) is 0 Å². The molecule has 1 spiro atoms. The maximum atomic E-state index is 12.5. The topological polar surface area (TPSA) is 63.7 Å². The van der Waals surface area contributed by atoms with Crippen LogP contribution >= 0.6 is 0 Å². The van der Waals surface area contributed by atoms with Crippen LogP contribution in [-0.2, 0) is 16.0 Å². The normalized spacial score (nSPS) is 20.4. The van der Waals surface area contributed by atoms with E-state index in [-0.39, 0.29) is 11.3 Å². The summed E-state index contributed by atoms with van der Waals surface area (Å²) in [6.07, 6.45) is 3.34. The maximum Gasteiger partial charge on any atom is 0.270 e. The number of pyridine rings is 1. The smallest absolute Gasteiger partial charge is 0.270 e. The Morgan fingerprint density at radius 2 is 1.79 bits per heavy atom. The fraction of sp³-hybridized carbons (Fsp3) is 0.478. The van der Waals surface area contributed by atoms with Crippen molar-refractivity contribution in [3.8, 4) is 0 Å². The molecule has 2 aromatic rings. The molecule has 6 heteroatoms. The van der Waals surface area contributed by atoms with Crippen molar-refractivity contribution in [3.63, 3.8) is 0 Å². The Kier molecular flexibility index (Phi) is 5.56. The number of ether oxygens (including phenoxy) is 2. The van der Waals surface area contributed by atoms with Crippen molar-refractivity contribution >= 4 is 11.6 Å². The van der Waals surface area contributed by atoms with E-state index in [1.165, 1.54) is 0 Å². The molecule has 0 bridgehead atoms. The second-order valence-electron chi connectivity index (χ2n) is 8.71. The molecule has 2 aliphatic rings. The molecule has 154 valence electrons.